The van der Waals surface area contributed by atoms with E-state index in [2.05, 4.69) is 48.4 Å². The lowest BCUT2D eigenvalue weighted by Gasteiger charge is -2.09. The molecular weight excluding hydrogens is 478 g/mol. The van der Waals surface area contributed by atoms with Crippen LogP contribution < -0.4 is 10.6 Å². The van der Waals surface area contributed by atoms with Crippen molar-refractivity contribution in [2.24, 2.45) is 0 Å². The van der Waals surface area contributed by atoms with Crippen LogP contribution in [-0.4, -0.2) is 37.4 Å². The van der Waals surface area contributed by atoms with Gasteiger partial charge in [0.05, 0.1) is 16.9 Å². The topological polar surface area (TPSA) is 128 Å². The third kappa shape index (κ3) is 5.26. The minimum Gasteiger partial charge on any atom is -0.349 e. The van der Waals surface area contributed by atoms with Crippen LogP contribution in [0.1, 0.15) is 28.9 Å². The molecule has 0 bridgehead atoms. The molecule has 0 aliphatic heterocycles. The minimum atomic E-state index is -0.359. The normalized spacial score (nSPS) is 10.9. The van der Waals surface area contributed by atoms with Crippen LogP contribution in [-0.2, 0) is 11.2 Å². The van der Waals surface area contributed by atoms with E-state index in [0.717, 1.165) is 18.2 Å². The molecule has 36 heavy (non-hydrogen) atoms. The summed E-state index contributed by atoms with van der Waals surface area (Å²) in [6.07, 6.45) is 1.98. The summed E-state index contributed by atoms with van der Waals surface area (Å²) in [7, 11) is 0. The summed E-state index contributed by atoms with van der Waals surface area (Å²) in [4.78, 5) is 28.8. The van der Waals surface area contributed by atoms with Crippen LogP contribution in [0.15, 0.2) is 72.8 Å². The Labute approximate surface area is 211 Å². The van der Waals surface area contributed by atoms with E-state index in [-0.39, 0.29) is 11.8 Å². The van der Waals surface area contributed by atoms with Crippen molar-refractivity contribution in [3.8, 4) is 11.4 Å². The van der Waals surface area contributed by atoms with Gasteiger partial charge >= 0.3 is 0 Å². The van der Waals surface area contributed by atoms with Crippen molar-refractivity contribution in [2.45, 2.75) is 19.3 Å². The molecule has 0 aliphatic carbocycles. The highest BCUT2D eigenvalue weighted by molar-refractivity contribution is 6.31. The summed E-state index contributed by atoms with van der Waals surface area (Å²) in [5.41, 5.74) is 3.89. The van der Waals surface area contributed by atoms with Crippen molar-refractivity contribution in [3.63, 3.8) is 0 Å². The van der Waals surface area contributed by atoms with Gasteiger partial charge in [-0.1, -0.05) is 54.1 Å². The number of amides is 2. The molecule has 0 atom stereocenters. The Morgan fingerprint density at radius 1 is 0.917 bits per heavy atom. The van der Waals surface area contributed by atoms with Gasteiger partial charge in [-0.2, -0.15) is 0 Å². The number of nitrogens with one attached hydrogen (secondary N) is 4. The van der Waals surface area contributed by atoms with Gasteiger partial charge in [0, 0.05) is 22.4 Å². The summed E-state index contributed by atoms with van der Waals surface area (Å²) < 4.78 is 0. The molecular formula is C26H22ClN7O2. The molecule has 10 heteroatoms. The number of anilines is 2. The zero-order valence-electron chi connectivity index (χ0n) is 19.1. The van der Waals surface area contributed by atoms with Gasteiger partial charge in [-0.15, -0.1) is 5.10 Å². The lowest BCUT2D eigenvalue weighted by Crippen LogP contribution is -2.13. The van der Waals surface area contributed by atoms with E-state index >= 15 is 0 Å². The third-order valence-corrected chi connectivity index (χ3v) is 5.95. The van der Waals surface area contributed by atoms with Crippen molar-refractivity contribution in [1.82, 2.24) is 25.6 Å². The Bertz CT molecular complexity index is 1510. The molecule has 0 aliphatic rings. The second-order valence-electron chi connectivity index (χ2n) is 8.23. The van der Waals surface area contributed by atoms with E-state index in [1.165, 1.54) is 5.56 Å². The Morgan fingerprint density at radius 2 is 1.78 bits per heavy atom. The van der Waals surface area contributed by atoms with Crippen LogP contribution in [0.5, 0.6) is 0 Å². The largest absolute Gasteiger partial charge is 0.349 e. The maximum Gasteiger partial charge on any atom is 0.272 e. The smallest absolute Gasteiger partial charge is 0.272 e. The number of rotatable bonds is 8. The fourth-order valence-corrected chi connectivity index (χ4v) is 4.15. The number of aromatic amines is 2. The Balaban J connectivity index is 1.29. The van der Waals surface area contributed by atoms with E-state index in [9.17, 15) is 9.59 Å². The third-order valence-electron chi connectivity index (χ3n) is 5.72. The van der Waals surface area contributed by atoms with E-state index in [1.54, 1.807) is 24.3 Å². The minimum absolute atomic E-state index is 0.0782. The maximum atomic E-state index is 13.1. The molecule has 4 N–H and O–H groups in total. The van der Waals surface area contributed by atoms with Crippen LogP contribution in [0.4, 0.5) is 11.4 Å². The molecule has 2 aromatic heterocycles. The first-order valence-corrected chi connectivity index (χ1v) is 11.7. The molecule has 0 unspecified atom stereocenters. The van der Waals surface area contributed by atoms with Crippen LogP contribution >= 0.6 is 11.6 Å². The zero-order chi connectivity index (χ0) is 24.9. The zero-order valence-corrected chi connectivity index (χ0v) is 19.8. The van der Waals surface area contributed by atoms with Crippen molar-refractivity contribution in [2.75, 3.05) is 10.6 Å². The number of hydrogen-bond acceptors (Lipinski definition) is 5. The summed E-state index contributed by atoms with van der Waals surface area (Å²) in [6.45, 7) is 0. The van der Waals surface area contributed by atoms with Crippen molar-refractivity contribution in [1.29, 1.82) is 0 Å². The van der Waals surface area contributed by atoms with E-state index in [4.69, 9.17) is 11.6 Å². The highest BCUT2D eigenvalue weighted by Crippen LogP contribution is 2.29. The molecule has 2 heterocycles. The van der Waals surface area contributed by atoms with Gasteiger partial charge in [0.25, 0.3) is 5.91 Å². The molecule has 0 spiro atoms. The average molecular weight is 500 g/mol. The van der Waals surface area contributed by atoms with Crippen LogP contribution in [0.2, 0.25) is 5.02 Å². The lowest BCUT2D eigenvalue weighted by molar-refractivity contribution is -0.116. The molecule has 0 fully saturated rings. The van der Waals surface area contributed by atoms with E-state index < -0.39 is 0 Å². The summed E-state index contributed by atoms with van der Waals surface area (Å²) in [5.74, 6) is -0.0606. The van der Waals surface area contributed by atoms with Gasteiger partial charge in [-0.25, -0.2) is 5.10 Å². The molecule has 0 saturated heterocycles. The monoisotopic (exact) mass is 499 g/mol. The molecule has 180 valence electrons. The number of nitrogens with zero attached hydrogens (tertiary/aromatic N) is 3. The van der Waals surface area contributed by atoms with Gasteiger partial charge < -0.3 is 15.6 Å². The van der Waals surface area contributed by atoms with Gasteiger partial charge in [0.2, 0.25) is 5.91 Å². The van der Waals surface area contributed by atoms with Crippen molar-refractivity contribution >= 4 is 45.7 Å². The standard InChI is InChI=1S/C26H22ClN7O2/c27-18-12-13-20(19(15-18)25-31-33-34-32-25)30-26(36)22-14-17-9-5-10-21(24(17)29-22)28-23(35)11-4-8-16-6-2-1-3-7-16/h1-3,5-7,9-10,12-15,29H,4,8,11H2,(H,28,35)(H,30,36)(H,31,32,33,34). The molecule has 5 rings (SSSR count). The number of tetrazole rings is 1. The number of carbonyl (C=O) groups is 2. The van der Waals surface area contributed by atoms with Crippen LogP contribution in [0, 0.1) is 0 Å². The highest BCUT2D eigenvalue weighted by Gasteiger charge is 2.16. The van der Waals surface area contributed by atoms with Crippen LogP contribution in [0.25, 0.3) is 22.3 Å². The molecule has 0 saturated carbocycles. The first-order valence-electron chi connectivity index (χ1n) is 11.4. The van der Waals surface area contributed by atoms with Crippen LogP contribution in [0.3, 0.4) is 0 Å². The number of H-pyrrole nitrogens is 2. The number of halogens is 1. The second kappa shape index (κ2) is 10.4. The van der Waals surface area contributed by atoms with Gasteiger partial charge in [-0.3, -0.25) is 9.59 Å². The maximum absolute atomic E-state index is 13.1. The quantitative estimate of drug-likeness (QED) is 0.233. The number of fused-ring (bicyclic) bond motifs is 1. The fraction of sp³-hybridized carbons (Fsp3) is 0.115. The van der Waals surface area contributed by atoms with Gasteiger partial charge in [0.1, 0.15) is 5.69 Å². The predicted molar refractivity (Wildman–Crippen MR) is 139 cm³/mol. The summed E-state index contributed by atoms with van der Waals surface area (Å²) >= 11 is 6.13. The van der Waals surface area contributed by atoms with Crippen molar-refractivity contribution < 1.29 is 9.59 Å². The Kier molecular flexibility index (Phi) is 6.72. The number of aromatic nitrogens is 5. The molecule has 5 aromatic rings. The molecule has 9 nitrogen and oxygen atoms in total. The van der Waals surface area contributed by atoms with Crippen molar-refractivity contribution in [3.05, 3.63) is 89.1 Å². The van der Waals surface area contributed by atoms with E-state index in [1.807, 2.05) is 36.4 Å². The number of carbonyl (C=O) groups excluding carboxylic acids is 2. The van der Waals surface area contributed by atoms with Gasteiger partial charge in [-0.05, 0) is 59.2 Å². The summed E-state index contributed by atoms with van der Waals surface area (Å²) in [6, 6.07) is 22.4. The first-order chi connectivity index (χ1) is 17.6. The average Bonchev–Trinajstić information content (AvgIpc) is 3.57. The summed E-state index contributed by atoms with van der Waals surface area (Å²) in [5, 5.41) is 20.9. The number of hydrogen-bond donors (Lipinski definition) is 4. The molecule has 3 aromatic carbocycles. The second-order valence-corrected chi connectivity index (χ2v) is 8.67. The van der Waals surface area contributed by atoms with E-state index in [0.29, 0.717) is 45.4 Å². The Morgan fingerprint density at radius 3 is 2.58 bits per heavy atom. The number of para-hydroxylation sites is 1. The predicted octanol–water partition coefficient (Wildman–Crippen LogP) is 5.22. The Hall–Kier alpha value is -4.50. The number of benzene rings is 3. The first kappa shape index (κ1) is 23.3. The SMILES string of the molecule is O=C(CCCc1ccccc1)Nc1cccc2cc(C(=O)Nc3ccc(Cl)cc3-c3nnn[nH]3)[nH]c12. The fourth-order valence-electron chi connectivity index (χ4n) is 3.98. The number of aryl methyl sites for hydroxylation is 1. The highest BCUT2D eigenvalue weighted by atomic mass is 35.5. The lowest BCUT2D eigenvalue weighted by atomic mass is 10.1. The molecule has 0 radical (unpaired) electrons. The van der Waals surface area contributed by atoms with Gasteiger partial charge in [0.15, 0.2) is 5.82 Å². The molecule has 2 amide bonds.